The molecule has 0 saturated heterocycles. The summed E-state index contributed by atoms with van der Waals surface area (Å²) in [6.07, 6.45) is 3.55. The number of benzene rings is 2. The Balaban J connectivity index is 1.79. The summed E-state index contributed by atoms with van der Waals surface area (Å²) >= 11 is 0. The molecule has 2 N–H and O–H groups in total. The summed E-state index contributed by atoms with van der Waals surface area (Å²) in [5, 5.41) is 2.62. The zero-order valence-corrected chi connectivity index (χ0v) is 17.6. The Bertz CT molecular complexity index is 1030. The van der Waals surface area contributed by atoms with Crippen molar-refractivity contribution >= 4 is 27.6 Å². The second kappa shape index (κ2) is 9.27. The van der Waals surface area contributed by atoms with Gasteiger partial charge in [0.15, 0.2) is 0 Å². The van der Waals surface area contributed by atoms with E-state index in [0.717, 1.165) is 25.7 Å². The van der Waals surface area contributed by atoms with Crippen molar-refractivity contribution < 1.29 is 27.5 Å². The van der Waals surface area contributed by atoms with Crippen molar-refractivity contribution in [1.82, 2.24) is 4.72 Å². The van der Waals surface area contributed by atoms with Crippen molar-refractivity contribution in [2.45, 2.75) is 43.5 Å². The molecule has 0 bridgehead atoms. The van der Waals surface area contributed by atoms with E-state index < -0.39 is 16.0 Å². The van der Waals surface area contributed by atoms with Gasteiger partial charge < -0.3 is 14.8 Å². The number of carbonyl (C=O) groups is 2. The lowest BCUT2D eigenvalue weighted by Crippen LogP contribution is -2.33. The van der Waals surface area contributed by atoms with E-state index in [1.54, 1.807) is 12.1 Å². The molecule has 1 saturated carbocycles. The van der Waals surface area contributed by atoms with Gasteiger partial charge in [-0.2, -0.15) is 0 Å². The zero-order valence-electron chi connectivity index (χ0n) is 16.8. The monoisotopic (exact) mass is 432 g/mol. The van der Waals surface area contributed by atoms with E-state index in [1.165, 1.54) is 44.4 Å². The summed E-state index contributed by atoms with van der Waals surface area (Å²) in [6.45, 7) is 1.39. The van der Waals surface area contributed by atoms with Crippen LogP contribution in [0.1, 0.15) is 43.0 Å². The number of hydrogen-bond acceptors (Lipinski definition) is 6. The standard InChI is InChI=1S/C21H24N2O6S/c1-14(24)22-16-8-10-18(11-9-16)29-21(25)15-7-12-19(28-2)20(13-15)30(26,27)23-17-5-3-4-6-17/h7-13,17,23H,3-6H2,1-2H3,(H,22,24). The normalized spacial score (nSPS) is 14.3. The van der Waals surface area contributed by atoms with E-state index in [1.807, 2.05) is 0 Å². The molecule has 30 heavy (non-hydrogen) atoms. The smallest absolute Gasteiger partial charge is 0.343 e. The quantitative estimate of drug-likeness (QED) is 0.514. The van der Waals surface area contributed by atoms with Crippen LogP contribution in [-0.2, 0) is 14.8 Å². The van der Waals surface area contributed by atoms with E-state index in [4.69, 9.17) is 9.47 Å². The fourth-order valence-electron chi connectivity index (χ4n) is 3.32. The van der Waals surface area contributed by atoms with Crippen LogP contribution in [0, 0.1) is 0 Å². The molecular formula is C21H24N2O6S. The number of sulfonamides is 1. The van der Waals surface area contributed by atoms with Gasteiger partial charge in [0, 0.05) is 18.7 Å². The van der Waals surface area contributed by atoms with E-state index in [0.29, 0.717) is 5.69 Å². The zero-order chi connectivity index (χ0) is 21.7. The highest BCUT2D eigenvalue weighted by atomic mass is 32.2. The van der Waals surface area contributed by atoms with Gasteiger partial charge in [0.05, 0.1) is 12.7 Å². The van der Waals surface area contributed by atoms with Gasteiger partial charge in [-0.25, -0.2) is 17.9 Å². The Morgan fingerprint density at radius 1 is 1.03 bits per heavy atom. The highest BCUT2D eigenvalue weighted by molar-refractivity contribution is 7.89. The first-order valence-corrected chi connectivity index (χ1v) is 11.1. The molecule has 0 unspecified atom stereocenters. The fraction of sp³-hybridized carbons (Fsp3) is 0.333. The Morgan fingerprint density at radius 2 is 1.70 bits per heavy atom. The molecule has 1 fully saturated rings. The summed E-state index contributed by atoms with van der Waals surface area (Å²) in [4.78, 5) is 23.5. The lowest BCUT2D eigenvalue weighted by molar-refractivity contribution is -0.114. The van der Waals surface area contributed by atoms with Crippen LogP contribution in [0.4, 0.5) is 5.69 Å². The van der Waals surface area contributed by atoms with Gasteiger partial charge in [-0.1, -0.05) is 12.8 Å². The Labute approximate surface area is 175 Å². The third-order valence-electron chi connectivity index (χ3n) is 4.75. The minimum atomic E-state index is -3.86. The van der Waals surface area contributed by atoms with E-state index in [-0.39, 0.29) is 33.9 Å². The van der Waals surface area contributed by atoms with E-state index in [9.17, 15) is 18.0 Å². The maximum Gasteiger partial charge on any atom is 0.343 e. The van der Waals surface area contributed by atoms with Crippen molar-refractivity contribution in [3.05, 3.63) is 48.0 Å². The molecule has 0 aliphatic heterocycles. The third kappa shape index (κ3) is 5.37. The van der Waals surface area contributed by atoms with Crippen LogP contribution in [0.15, 0.2) is 47.4 Å². The molecule has 160 valence electrons. The van der Waals surface area contributed by atoms with Gasteiger partial charge in [-0.05, 0) is 55.3 Å². The van der Waals surface area contributed by atoms with Gasteiger partial charge in [-0.3, -0.25) is 4.79 Å². The summed E-state index contributed by atoms with van der Waals surface area (Å²) in [7, 11) is -2.48. The molecule has 1 aliphatic carbocycles. The molecule has 0 atom stereocenters. The summed E-state index contributed by atoms with van der Waals surface area (Å²) < 4.78 is 38.9. The van der Waals surface area contributed by atoms with Gasteiger partial charge >= 0.3 is 5.97 Å². The number of anilines is 1. The average molecular weight is 432 g/mol. The van der Waals surface area contributed by atoms with Crippen molar-refractivity contribution in [3.63, 3.8) is 0 Å². The lowest BCUT2D eigenvalue weighted by Gasteiger charge is -2.15. The first kappa shape index (κ1) is 21.8. The average Bonchev–Trinajstić information content (AvgIpc) is 3.21. The topological polar surface area (TPSA) is 111 Å². The van der Waals surface area contributed by atoms with Gasteiger partial charge in [0.2, 0.25) is 15.9 Å². The Hall–Kier alpha value is -2.91. The second-order valence-electron chi connectivity index (χ2n) is 7.06. The highest BCUT2D eigenvalue weighted by Crippen LogP contribution is 2.28. The predicted octanol–water partition coefficient (Wildman–Crippen LogP) is 3.09. The molecule has 2 aromatic carbocycles. The first-order valence-electron chi connectivity index (χ1n) is 9.59. The Kier molecular flexibility index (Phi) is 6.73. The largest absolute Gasteiger partial charge is 0.495 e. The van der Waals surface area contributed by atoms with Crippen LogP contribution in [0.5, 0.6) is 11.5 Å². The van der Waals surface area contributed by atoms with Crippen LogP contribution in [0.3, 0.4) is 0 Å². The van der Waals surface area contributed by atoms with Gasteiger partial charge in [0.1, 0.15) is 16.4 Å². The molecular weight excluding hydrogens is 408 g/mol. The molecule has 1 amide bonds. The number of ether oxygens (including phenoxy) is 2. The number of esters is 1. The van der Waals surface area contributed by atoms with Gasteiger partial charge in [0.25, 0.3) is 0 Å². The number of amides is 1. The first-order chi connectivity index (χ1) is 14.3. The molecule has 0 heterocycles. The number of nitrogens with one attached hydrogen (secondary N) is 2. The van der Waals surface area contributed by atoms with E-state index in [2.05, 4.69) is 10.0 Å². The molecule has 8 nitrogen and oxygen atoms in total. The number of carbonyl (C=O) groups excluding carboxylic acids is 2. The minimum absolute atomic E-state index is 0.0773. The molecule has 0 radical (unpaired) electrons. The summed E-state index contributed by atoms with van der Waals surface area (Å²) in [6, 6.07) is 10.3. The molecule has 2 aromatic rings. The minimum Gasteiger partial charge on any atom is -0.495 e. The maximum atomic E-state index is 12.8. The second-order valence-corrected chi connectivity index (χ2v) is 8.75. The van der Waals surface area contributed by atoms with Crippen molar-refractivity contribution in [2.24, 2.45) is 0 Å². The molecule has 1 aliphatic rings. The van der Waals surface area contributed by atoms with E-state index >= 15 is 0 Å². The Morgan fingerprint density at radius 3 is 2.30 bits per heavy atom. The van der Waals surface area contributed by atoms with Crippen LogP contribution in [0.25, 0.3) is 0 Å². The van der Waals surface area contributed by atoms with Crippen LogP contribution in [0.2, 0.25) is 0 Å². The molecule has 0 aromatic heterocycles. The van der Waals surface area contributed by atoms with Gasteiger partial charge in [-0.15, -0.1) is 0 Å². The van der Waals surface area contributed by atoms with Crippen molar-refractivity contribution in [1.29, 1.82) is 0 Å². The SMILES string of the molecule is COc1ccc(C(=O)Oc2ccc(NC(C)=O)cc2)cc1S(=O)(=O)NC1CCCC1. The fourth-order valence-corrected chi connectivity index (χ4v) is 4.82. The molecule has 9 heteroatoms. The number of methoxy groups -OCH3 is 1. The van der Waals surface area contributed by atoms with Crippen LogP contribution in [-0.4, -0.2) is 33.4 Å². The van der Waals surface area contributed by atoms with Crippen LogP contribution >= 0.6 is 0 Å². The highest BCUT2D eigenvalue weighted by Gasteiger charge is 2.27. The molecule has 3 rings (SSSR count). The number of hydrogen-bond donors (Lipinski definition) is 2. The maximum absolute atomic E-state index is 12.8. The molecule has 0 spiro atoms. The van der Waals surface area contributed by atoms with Crippen molar-refractivity contribution in [2.75, 3.05) is 12.4 Å². The summed E-state index contributed by atoms with van der Waals surface area (Å²) in [5.74, 6) is -0.504. The lowest BCUT2D eigenvalue weighted by atomic mass is 10.2. The number of rotatable bonds is 7. The van der Waals surface area contributed by atoms with Crippen molar-refractivity contribution in [3.8, 4) is 11.5 Å². The predicted molar refractivity (Wildman–Crippen MR) is 111 cm³/mol. The third-order valence-corrected chi connectivity index (χ3v) is 6.29. The van der Waals surface area contributed by atoms with Crippen LogP contribution < -0.4 is 19.5 Å². The summed E-state index contributed by atoms with van der Waals surface area (Å²) in [5.41, 5.74) is 0.645.